The molecule has 0 spiro atoms. The fraction of sp³-hybridized carbons (Fsp3) is 0.500. The quantitative estimate of drug-likeness (QED) is 0.918. The number of benzene rings is 1. The van der Waals surface area contributed by atoms with Gasteiger partial charge >= 0.3 is 0 Å². The summed E-state index contributed by atoms with van der Waals surface area (Å²) in [6.07, 6.45) is 2.79. The van der Waals surface area contributed by atoms with Gasteiger partial charge in [0.15, 0.2) is 0 Å². The normalized spacial score (nSPS) is 27.4. The molecule has 4 rings (SSSR count). The smallest absolute Gasteiger partial charge is 0.0752 e. The molecule has 2 atom stereocenters. The molecule has 2 aliphatic heterocycles. The molecular weight excluding hydrogens is 312 g/mol. The van der Waals surface area contributed by atoms with E-state index < -0.39 is 0 Å². The lowest BCUT2D eigenvalue weighted by Crippen LogP contribution is -2.41. The summed E-state index contributed by atoms with van der Waals surface area (Å²) in [5.41, 5.74) is 3.20. The highest BCUT2D eigenvalue weighted by Crippen LogP contribution is 2.44. The number of halogens is 1. The predicted molar refractivity (Wildman–Crippen MR) is 92.1 cm³/mol. The Morgan fingerprint density at radius 2 is 2.35 bits per heavy atom. The Morgan fingerprint density at radius 1 is 1.48 bits per heavy atom. The molecule has 3 heterocycles. The summed E-state index contributed by atoms with van der Waals surface area (Å²) in [6, 6.07) is 6.01. The van der Waals surface area contributed by atoms with Crippen molar-refractivity contribution in [3.63, 3.8) is 0 Å². The van der Waals surface area contributed by atoms with Crippen LogP contribution in [0.5, 0.6) is 0 Å². The zero-order chi connectivity index (χ0) is 16.0. The maximum absolute atomic E-state index is 10.0. The molecule has 0 bridgehead atoms. The Hall–Kier alpha value is -1.36. The van der Waals surface area contributed by atoms with Crippen LogP contribution in [0.25, 0.3) is 10.9 Å². The first-order chi connectivity index (χ1) is 11.1. The van der Waals surface area contributed by atoms with Crippen LogP contribution in [0.1, 0.15) is 12.0 Å². The Bertz CT molecular complexity index is 751. The van der Waals surface area contributed by atoms with Gasteiger partial charge in [0.2, 0.25) is 0 Å². The van der Waals surface area contributed by atoms with Gasteiger partial charge in [-0.15, -0.1) is 0 Å². The molecule has 2 aliphatic rings. The molecule has 1 aromatic carbocycles. The van der Waals surface area contributed by atoms with E-state index >= 15 is 0 Å². The number of aliphatic hydroxyl groups excluding tert-OH is 1. The number of fused-ring (bicyclic) bond motifs is 2. The predicted octanol–water partition coefficient (Wildman–Crippen LogP) is 3.03. The van der Waals surface area contributed by atoms with Crippen LogP contribution in [0.15, 0.2) is 24.4 Å². The van der Waals surface area contributed by atoms with E-state index in [-0.39, 0.29) is 12.0 Å². The van der Waals surface area contributed by atoms with Crippen molar-refractivity contribution in [2.45, 2.75) is 13.3 Å². The third kappa shape index (κ3) is 2.40. The first-order valence-electron chi connectivity index (χ1n) is 8.11. The maximum atomic E-state index is 10.0. The lowest BCUT2D eigenvalue weighted by molar-refractivity contribution is -0.0410. The van der Waals surface area contributed by atoms with E-state index in [0.717, 1.165) is 59.9 Å². The van der Waals surface area contributed by atoms with Crippen LogP contribution in [0.3, 0.4) is 0 Å². The standard InChI is InChI=1S/C18H21ClN2O2/c1-12-6-14(19)7-15-16(2-4-20-17(12)15)21-8-13-9-23-5-3-18(13,10-21)11-22/h2,4,6-7,13,22H,3,5,8-11H2,1H3/t13-,18-/m1/s1. The van der Waals surface area contributed by atoms with Gasteiger partial charge in [0, 0.05) is 53.3 Å². The minimum absolute atomic E-state index is 0.0402. The second kappa shape index (κ2) is 5.62. The summed E-state index contributed by atoms with van der Waals surface area (Å²) in [5, 5.41) is 11.8. The molecule has 1 N–H and O–H groups in total. The summed E-state index contributed by atoms with van der Waals surface area (Å²) in [6.45, 7) is 5.51. The van der Waals surface area contributed by atoms with E-state index in [1.807, 2.05) is 25.3 Å². The van der Waals surface area contributed by atoms with Crippen LogP contribution in [0.4, 0.5) is 5.69 Å². The monoisotopic (exact) mass is 332 g/mol. The number of aryl methyl sites for hydroxylation is 1. The molecule has 0 amide bonds. The Labute approximate surface area is 141 Å². The van der Waals surface area contributed by atoms with Crippen LogP contribution < -0.4 is 4.90 Å². The van der Waals surface area contributed by atoms with Gasteiger partial charge in [-0.3, -0.25) is 4.98 Å². The molecule has 2 fully saturated rings. The topological polar surface area (TPSA) is 45.6 Å². The average Bonchev–Trinajstić information content (AvgIpc) is 2.94. The van der Waals surface area contributed by atoms with Crippen molar-refractivity contribution < 1.29 is 9.84 Å². The van der Waals surface area contributed by atoms with E-state index in [1.54, 1.807) is 0 Å². The summed E-state index contributed by atoms with van der Waals surface area (Å²) < 4.78 is 5.65. The molecular formula is C18H21ClN2O2. The molecule has 0 aliphatic carbocycles. The largest absolute Gasteiger partial charge is 0.396 e. The summed E-state index contributed by atoms with van der Waals surface area (Å²) in [5.74, 6) is 0.379. The lowest BCUT2D eigenvalue weighted by atomic mass is 9.75. The van der Waals surface area contributed by atoms with Crippen LogP contribution in [0, 0.1) is 18.3 Å². The minimum atomic E-state index is -0.0402. The fourth-order valence-electron chi connectivity index (χ4n) is 4.14. The van der Waals surface area contributed by atoms with Gasteiger partial charge in [0.25, 0.3) is 0 Å². The van der Waals surface area contributed by atoms with Gasteiger partial charge in [0.05, 0.1) is 18.7 Å². The number of ether oxygens (including phenoxy) is 1. The molecule has 0 unspecified atom stereocenters. The van der Waals surface area contributed by atoms with Crippen LogP contribution >= 0.6 is 11.6 Å². The van der Waals surface area contributed by atoms with Crippen LogP contribution in [-0.4, -0.2) is 43.0 Å². The number of aromatic nitrogens is 1. The molecule has 0 radical (unpaired) electrons. The van der Waals surface area contributed by atoms with Gasteiger partial charge in [0.1, 0.15) is 0 Å². The summed E-state index contributed by atoms with van der Waals surface area (Å²) in [4.78, 5) is 6.89. The third-order valence-corrected chi connectivity index (χ3v) is 5.73. The Balaban J connectivity index is 1.78. The fourth-order valence-corrected chi connectivity index (χ4v) is 4.41. The Kier molecular flexibility index (Phi) is 3.71. The number of hydrogen-bond acceptors (Lipinski definition) is 4. The average molecular weight is 333 g/mol. The van der Waals surface area contributed by atoms with Gasteiger partial charge in [-0.2, -0.15) is 0 Å². The molecule has 122 valence electrons. The van der Waals surface area contributed by atoms with Crippen LogP contribution in [-0.2, 0) is 4.74 Å². The molecule has 4 nitrogen and oxygen atoms in total. The van der Waals surface area contributed by atoms with Crippen molar-refractivity contribution in [2.24, 2.45) is 11.3 Å². The number of aliphatic hydroxyl groups is 1. The highest BCUT2D eigenvalue weighted by atomic mass is 35.5. The highest BCUT2D eigenvalue weighted by Gasteiger charge is 2.48. The summed E-state index contributed by atoms with van der Waals surface area (Å²) in [7, 11) is 0. The zero-order valence-electron chi connectivity index (χ0n) is 13.3. The number of rotatable bonds is 2. The molecule has 0 saturated carbocycles. The van der Waals surface area contributed by atoms with Gasteiger partial charge < -0.3 is 14.7 Å². The van der Waals surface area contributed by atoms with Crippen molar-refractivity contribution in [3.05, 3.63) is 35.0 Å². The Morgan fingerprint density at radius 3 is 3.13 bits per heavy atom. The molecule has 5 heteroatoms. The summed E-state index contributed by atoms with van der Waals surface area (Å²) >= 11 is 6.27. The molecule has 1 aromatic heterocycles. The zero-order valence-corrected chi connectivity index (χ0v) is 14.0. The highest BCUT2D eigenvalue weighted by molar-refractivity contribution is 6.31. The van der Waals surface area contributed by atoms with E-state index in [9.17, 15) is 5.11 Å². The van der Waals surface area contributed by atoms with Gasteiger partial charge in [-0.05, 0) is 37.1 Å². The van der Waals surface area contributed by atoms with Crippen molar-refractivity contribution in [1.82, 2.24) is 4.98 Å². The van der Waals surface area contributed by atoms with E-state index in [4.69, 9.17) is 16.3 Å². The van der Waals surface area contributed by atoms with E-state index in [2.05, 4.69) is 16.0 Å². The number of pyridine rings is 1. The number of hydrogen-bond donors (Lipinski definition) is 1. The van der Waals surface area contributed by atoms with E-state index in [0.29, 0.717) is 5.92 Å². The van der Waals surface area contributed by atoms with Crippen molar-refractivity contribution in [1.29, 1.82) is 0 Å². The second-order valence-electron chi connectivity index (χ2n) is 6.87. The lowest BCUT2D eigenvalue weighted by Gasteiger charge is -2.36. The number of anilines is 1. The number of nitrogens with zero attached hydrogens (tertiary/aromatic N) is 2. The first kappa shape index (κ1) is 15.2. The molecule has 23 heavy (non-hydrogen) atoms. The third-order valence-electron chi connectivity index (χ3n) is 5.51. The van der Waals surface area contributed by atoms with E-state index in [1.165, 1.54) is 0 Å². The van der Waals surface area contributed by atoms with Gasteiger partial charge in [-0.25, -0.2) is 0 Å². The van der Waals surface area contributed by atoms with Gasteiger partial charge in [-0.1, -0.05) is 11.6 Å². The van der Waals surface area contributed by atoms with Crippen LogP contribution in [0.2, 0.25) is 5.02 Å². The van der Waals surface area contributed by atoms with Crippen molar-refractivity contribution in [3.8, 4) is 0 Å². The molecule has 2 aromatic rings. The SMILES string of the molecule is Cc1cc(Cl)cc2c(N3C[C@@H]4COCC[C@]4(CO)C3)ccnc12. The first-order valence-corrected chi connectivity index (χ1v) is 8.49. The van der Waals surface area contributed by atoms with Crippen molar-refractivity contribution >= 4 is 28.2 Å². The minimum Gasteiger partial charge on any atom is -0.396 e. The second-order valence-corrected chi connectivity index (χ2v) is 7.31. The van der Waals surface area contributed by atoms with Crippen molar-refractivity contribution in [2.75, 3.05) is 37.8 Å². The maximum Gasteiger partial charge on any atom is 0.0752 e. The molecule has 2 saturated heterocycles.